The highest BCUT2D eigenvalue weighted by atomic mass is 32.3. The fraction of sp³-hybridized carbons (Fsp3) is 0.200. The lowest BCUT2D eigenvalue weighted by molar-refractivity contribution is 0.438. The Morgan fingerprint density at radius 2 is 1.95 bits per heavy atom. The second kappa shape index (κ2) is 5.13. The van der Waals surface area contributed by atoms with Crippen molar-refractivity contribution in [2.24, 2.45) is 0 Å². The van der Waals surface area contributed by atoms with Gasteiger partial charge in [0, 0.05) is 5.56 Å². The maximum atomic E-state index is 12.4. The van der Waals surface area contributed by atoms with E-state index >= 15 is 0 Å². The summed E-state index contributed by atoms with van der Waals surface area (Å²) in [5.41, 5.74) is -0.402. The molecule has 0 aliphatic rings. The molecule has 0 aliphatic heterocycles. The highest BCUT2D eigenvalue weighted by molar-refractivity contribution is 7.81. The molecule has 19 heavy (non-hydrogen) atoms. The third kappa shape index (κ3) is 4.83. The average molecular weight is 295 g/mol. The van der Waals surface area contributed by atoms with E-state index in [1.165, 1.54) is 6.92 Å². The zero-order chi connectivity index (χ0) is 14.8. The Hall–Kier alpha value is -1.69. The molecule has 0 bridgehead atoms. The molecular formula is C10H8BF4O3S-. The standard InChI is InChI=1S/C10H8BF4O3S/c1-3-8-4-9(6-11(12,13)14)7(2)10(5-8)18-19(15,16)17/h1,4-5H,6H2,2H3/q-1. The van der Waals surface area contributed by atoms with Gasteiger partial charge in [-0.2, -0.15) is 8.42 Å². The van der Waals surface area contributed by atoms with Crippen LogP contribution in [0.3, 0.4) is 0 Å². The van der Waals surface area contributed by atoms with Crippen LogP contribution in [-0.2, 0) is 16.8 Å². The van der Waals surface area contributed by atoms with Crippen LogP contribution in [0, 0.1) is 19.3 Å². The molecule has 0 amide bonds. The van der Waals surface area contributed by atoms with E-state index in [4.69, 9.17) is 6.42 Å². The summed E-state index contributed by atoms with van der Waals surface area (Å²) in [5, 5.41) is 0. The van der Waals surface area contributed by atoms with E-state index in [9.17, 15) is 25.3 Å². The first kappa shape index (κ1) is 15.4. The summed E-state index contributed by atoms with van der Waals surface area (Å²) in [7, 11) is -5.33. The van der Waals surface area contributed by atoms with Crippen molar-refractivity contribution in [3.8, 4) is 18.1 Å². The molecule has 0 N–H and O–H groups in total. The molecule has 0 aliphatic carbocycles. The third-order valence-corrected chi connectivity index (χ3v) is 2.65. The number of hydrogen-bond acceptors (Lipinski definition) is 3. The summed E-state index contributed by atoms with van der Waals surface area (Å²) in [6.45, 7) is -3.95. The minimum atomic E-state index is -5.33. The molecule has 0 saturated carbocycles. The molecular weight excluding hydrogens is 287 g/mol. The van der Waals surface area contributed by atoms with Crippen LogP contribution in [0.5, 0.6) is 5.75 Å². The summed E-state index contributed by atoms with van der Waals surface area (Å²) < 4.78 is 74.4. The minimum absolute atomic E-state index is 0.0284. The molecule has 0 heterocycles. The van der Waals surface area contributed by atoms with E-state index in [0.29, 0.717) is 0 Å². The van der Waals surface area contributed by atoms with Crippen LogP contribution in [0.4, 0.5) is 16.8 Å². The Balaban J connectivity index is 3.34. The van der Waals surface area contributed by atoms with Gasteiger partial charge in [0.2, 0.25) is 0 Å². The molecule has 0 fully saturated rings. The van der Waals surface area contributed by atoms with E-state index in [0.717, 1.165) is 12.1 Å². The number of hydrogen-bond donors (Lipinski definition) is 0. The smallest absolute Gasteiger partial charge is 0.449 e. The van der Waals surface area contributed by atoms with Crippen LogP contribution in [-0.4, -0.2) is 15.4 Å². The first-order chi connectivity index (χ1) is 8.52. The zero-order valence-corrected chi connectivity index (χ0v) is 10.5. The Labute approximate surface area is 108 Å². The second-order valence-electron chi connectivity index (χ2n) is 3.79. The van der Waals surface area contributed by atoms with E-state index in [1.807, 2.05) is 5.92 Å². The van der Waals surface area contributed by atoms with Gasteiger partial charge in [-0.3, -0.25) is 0 Å². The number of terminal acetylenes is 1. The summed E-state index contributed by atoms with van der Waals surface area (Å²) >= 11 is 0. The van der Waals surface area contributed by atoms with Crippen LogP contribution in [0.1, 0.15) is 16.7 Å². The molecule has 1 aromatic carbocycles. The van der Waals surface area contributed by atoms with Gasteiger partial charge in [0.1, 0.15) is 5.75 Å². The highest BCUT2D eigenvalue weighted by Gasteiger charge is 2.25. The molecule has 0 atom stereocenters. The molecule has 3 nitrogen and oxygen atoms in total. The molecule has 1 rings (SSSR count). The van der Waals surface area contributed by atoms with Gasteiger partial charge in [-0.25, -0.2) is 0 Å². The van der Waals surface area contributed by atoms with E-state index < -0.39 is 29.6 Å². The summed E-state index contributed by atoms with van der Waals surface area (Å²) in [4.78, 5) is 0. The third-order valence-electron chi connectivity index (χ3n) is 2.27. The molecule has 104 valence electrons. The zero-order valence-electron chi connectivity index (χ0n) is 9.66. The Morgan fingerprint density at radius 1 is 1.37 bits per heavy atom. The molecule has 0 aromatic heterocycles. The number of benzene rings is 1. The van der Waals surface area contributed by atoms with Crippen molar-refractivity contribution in [2.75, 3.05) is 0 Å². The topological polar surface area (TPSA) is 43.4 Å². The lowest BCUT2D eigenvalue weighted by Gasteiger charge is -2.17. The first-order valence-corrected chi connectivity index (χ1v) is 6.28. The predicted octanol–water partition coefficient (Wildman–Crippen LogP) is 2.50. The SMILES string of the molecule is C#Cc1cc(C[B-](F)(F)F)c(C)c(OS(=O)(=O)F)c1. The van der Waals surface area contributed by atoms with Crippen LogP contribution < -0.4 is 4.18 Å². The van der Waals surface area contributed by atoms with Gasteiger partial charge in [0.15, 0.2) is 0 Å². The van der Waals surface area contributed by atoms with Crippen molar-refractivity contribution < 1.29 is 29.4 Å². The van der Waals surface area contributed by atoms with Gasteiger partial charge in [0.05, 0.1) is 0 Å². The largest absolute Gasteiger partial charge is 0.488 e. The van der Waals surface area contributed by atoms with Crippen molar-refractivity contribution in [1.29, 1.82) is 0 Å². The summed E-state index contributed by atoms with van der Waals surface area (Å²) in [6.07, 6.45) is 3.78. The van der Waals surface area contributed by atoms with Crippen molar-refractivity contribution in [3.63, 3.8) is 0 Å². The maximum absolute atomic E-state index is 12.4. The average Bonchev–Trinajstić information content (AvgIpc) is 2.19. The van der Waals surface area contributed by atoms with Gasteiger partial charge in [-0.1, -0.05) is 21.7 Å². The lowest BCUT2D eigenvalue weighted by atomic mass is 9.80. The minimum Gasteiger partial charge on any atom is -0.449 e. The summed E-state index contributed by atoms with van der Waals surface area (Å²) in [5.74, 6) is 1.50. The number of halogens is 4. The van der Waals surface area contributed by atoms with Crippen molar-refractivity contribution in [1.82, 2.24) is 0 Å². The molecule has 0 spiro atoms. The van der Waals surface area contributed by atoms with Crippen LogP contribution in [0.2, 0.25) is 0 Å². The molecule has 0 unspecified atom stereocenters. The monoisotopic (exact) mass is 295 g/mol. The van der Waals surface area contributed by atoms with Crippen LogP contribution in [0.25, 0.3) is 0 Å². The van der Waals surface area contributed by atoms with Gasteiger partial charge >= 0.3 is 17.5 Å². The second-order valence-corrected chi connectivity index (χ2v) is 4.75. The van der Waals surface area contributed by atoms with Gasteiger partial charge in [0.25, 0.3) is 0 Å². The Morgan fingerprint density at radius 3 is 2.37 bits per heavy atom. The van der Waals surface area contributed by atoms with Gasteiger partial charge in [-0.05, 0) is 24.6 Å². The van der Waals surface area contributed by atoms with E-state index in [2.05, 4.69) is 4.18 Å². The van der Waals surface area contributed by atoms with Crippen LogP contribution in [0.15, 0.2) is 12.1 Å². The van der Waals surface area contributed by atoms with Crippen molar-refractivity contribution in [3.05, 3.63) is 28.8 Å². The van der Waals surface area contributed by atoms with Gasteiger partial charge < -0.3 is 17.1 Å². The quantitative estimate of drug-likeness (QED) is 0.371. The summed E-state index contributed by atoms with van der Waals surface area (Å²) in [6, 6.07) is 2.07. The van der Waals surface area contributed by atoms with E-state index in [-0.39, 0.29) is 16.7 Å². The van der Waals surface area contributed by atoms with E-state index in [1.54, 1.807) is 0 Å². The van der Waals surface area contributed by atoms with Gasteiger partial charge in [-0.15, -0.1) is 6.42 Å². The maximum Gasteiger partial charge on any atom is 0.488 e. The molecule has 9 heteroatoms. The molecule has 0 radical (unpaired) electrons. The first-order valence-electron chi connectivity index (χ1n) is 4.97. The fourth-order valence-corrected chi connectivity index (χ4v) is 1.87. The predicted molar refractivity (Wildman–Crippen MR) is 62.6 cm³/mol. The van der Waals surface area contributed by atoms with Crippen LogP contribution >= 0.6 is 0 Å². The lowest BCUT2D eigenvalue weighted by Crippen LogP contribution is -2.20. The number of rotatable bonds is 4. The highest BCUT2D eigenvalue weighted by Crippen LogP contribution is 2.28. The Bertz CT molecular complexity index is 631. The fourth-order valence-electron chi connectivity index (χ4n) is 1.48. The van der Waals surface area contributed by atoms with Crippen molar-refractivity contribution >= 4 is 17.5 Å². The van der Waals surface area contributed by atoms with Crippen molar-refractivity contribution in [2.45, 2.75) is 13.2 Å². The normalized spacial score (nSPS) is 12.0. The molecule has 1 aromatic rings. The molecule has 0 saturated heterocycles. The Kier molecular flexibility index (Phi) is 4.15.